The van der Waals surface area contributed by atoms with E-state index < -0.39 is 0 Å². The molecule has 0 bridgehead atoms. The molecular weight excluding hydrogens is 335 g/mol. The molecule has 1 heterocycles. The number of hydrogen-bond donors (Lipinski definition) is 1. The first-order chi connectivity index (χ1) is 12.4. The SMILES string of the molecule is Cc1cc(C(=O)N(CCC(=O)NCc2ccc(F)cc2)C2CC2)c(C)o1. The normalized spacial score (nSPS) is 13.5. The molecule has 1 saturated carbocycles. The lowest BCUT2D eigenvalue weighted by Gasteiger charge is -2.22. The molecule has 138 valence electrons. The van der Waals surface area contributed by atoms with Crippen molar-refractivity contribution in [2.45, 2.75) is 45.7 Å². The van der Waals surface area contributed by atoms with Crippen LogP contribution in [0.1, 0.15) is 46.7 Å². The van der Waals surface area contributed by atoms with Gasteiger partial charge in [0.25, 0.3) is 5.91 Å². The molecule has 1 N–H and O–H groups in total. The van der Waals surface area contributed by atoms with Crippen molar-refractivity contribution < 1.29 is 18.4 Å². The molecule has 5 nitrogen and oxygen atoms in total. The van der Waals surface area contributed by atoms with Crippen LogP contribution in [0.5, 0.6) is 0 Å². The lowest BCUT2D eigenvalue weighted by molar-refractivity contribution is -0.121. The van der Waals surface area contributed by atoms with Crippen LogP contribution >= 0.6 is 0 Å². The van der Waals surface area contributed by atoms with E-state index in [-0.39, 0.29) is 30.1 Å². The van der Waals surface area contributed by atoms with Crippen molar-refractivity contribution in [3.05, 3.63) is 58.8 Å². The summed E-state index contributed by atoms with van der Waals surface area (Å²) in [7, 11) is 0. The average Bonchev–Trinajstić information content (AvgIpc) is 3.38. The van der Waals surface area contributed by atoms with E-state index in [1.54, 1.807) is 30.0 Å². The Morgan fingerprint density at radius 1 is 1.23 bits per heavy atom. The van der Waals surface area contributed by atoms with Crippen LogP contribution < -0.4 is 5.32 Å². The van der Waals surface area contributed by atoms with Gasteiger partial charge in [0.2, 0.25) is 5.91 Å². The Hall–Kier alpha value is -2.63. The molecule has 1 aromatic carbocycles. The second kappa shape index (κ2) is 7.72. The maximum absolute atomic E-state index is 12.9. The summed E-state index contributed by atoms with van der Waals surface area (Å²) in [5.41, 5.74) is 1.40. The minimum absolute atomic E-state index is 0.0758. The fraction of sp³-hybridized carbons (Fsp3) is 0.400. The smallest absolute Gasteiger partial charge is 0.257 e. The molecule has 1 aromatic heterocycles. The fourth-order valence-corrected chi connectivity index (χ4v) is 2.95. The van der Waals surface area contributed by atoms with Crippen molar-refractivity contribution in [1.29, 1.82) is 0 Å². The van der Waals surface area contributed by atoms with E-state index in [2.05, 4.69) is 5.32 Å². The number of rotatable bonds is 7. The molecule has 1 fully saturated rings. The van der Waals surface area contributed by atoms with Crippen LogP contribution in [0.4, 0.5) is 4.39 Å². The molecule has 0 saturated heterocycles. The van der Waals surface area contributed by atoms with Crippen LogP contribution in [-0.2, 0) is 11.3 Å². The van der Waals surface area contributed by atoms with Gasteiger partial charge in [-0.1, -0.05) is 12.1 Å². The Morgan fingerprint density at radius 3 is 2.50 bits per heavy atom. The first-order valence-corrected chi connectivity index (χ1v) is 8.83. The van der Waals surface area contributed by atoms with E-state index in [0.717, 1.165) is 18.4 Å². The van der Waals surface area contributed by atoms with Gasteiger partial charge in [0.15, 0.2) is 0 Å². The minimum Gasteiger partial charge on any atom is -0.466 e. The lowest BCUT2D eigenvalue weighted by Crippen LogP contribution is -2.36. The third kappa shape index (κ3) is 4.50. The maximum atomic E-state index is 12.9. The Kier molecular flexibility index (Phi) is 5.40. The van der Waals surface area contributed by atoms with Gasteiger partial charge in [0, 0.05) is 25.6 Å². The van der Waals surface area contributed by atoms with Gasteiger partial charge in [-0.25, -0.2) is 4.39 Å². The second-order valence-corrected chi connectivity index (χ2v) is 6.71. The van der Waals surface area contributed by atoms with Crippen LogP contribution in [-0.4, -0.2) is 29.3 Å². The van der Waals surface area contributed by atoms with Crippen LogP contribution in [0, 0.1) is 19.7 Å². The van der Waals surface area contributed by atoms with Crippen molar-refractivity contribution >= 4 is 11.8 Å². The molecule has 1 aliphatic carbocycles. The number of furan rings is 1. The fourth-order valence-electron chi connectivity index (χ4n) is 2.95. The zero-order valence-electron chi connectivity index (χ0n) is 15.0. The third-order valence-electron chi connectivity index (χ3n) is 4.50. The molecule has 3 rings (SSSR count). The van der Waals surface area contributed by atoms with E-state index >= 15 is 0 Å². The van der Waals surface area contributed by atoms with Crippen molar-refractivity contribution in [2.24, 2.45) is 0 Å². The van der Waals surface area contributed by atoms with E-state index in [1.165, 1.54) is 12.1 Å². The molecule has 2 aromatic rings. The summed E-state index contributed by atoms with van der Waals surface area (Å²) in [6.07, 6.45) is 2.18. The van der Waals surface area contributed by atoms with Gasteiger partial charge in [0.1, 0.15) is 17.3 Å². The van der Waals surface area contributed by atoms with Gasteiger partial charge in [-0.3, -0.25) is 9.59 Å². The predicted molar refractivity (Wildman–Crippen MR) is 95.1 cm³/mol. The summed E-state index contributed by atoms with van der Waals surface area (Å²) < 4.78 is 18.3. The van der Waals surface area contributed by atoms with Crippen molar-refractivity contribution in [3.63, 3.8) is 0 Å². The summed E-state index contributed by atoms with van der Waals surface area (Å²) >= 11 is 0. The summed E-state index contributed by atoms with van der Waals surface area (Å²) in [4.78, 5) is 26.7. The predicted octanol–water partition coefficient (Wildman–Crippen LogP) is 3.35. The number of nitrogens with zero attached hydrogens (tertiary/aromatic N) is 1. The number of halogens is 1. The number of amides is 2. The third-order valence-corrected chi connectivity index (χ3v) is 4.50. The molecule has 6 heteroatoms. The standard InChI is InChI=1S/C20H23FN2O3/c1-13-11-18(14(2)26-13)20(25)23(17-7-8-17)10-9-19(24)22-12-15-3-5-16(21)6-4-15/h3-6,11,17H,7-10,12H2,1-2H3,(H,22,24). The number of aryl methyl sites for hydroxylation is 2. The van der Waals surface area contributed by atoms with Gasteiger partial charge in [-0.15, -0.1) is 0 Å². The highest BCUT2D eigenvalue weighted by molar-refractivity contribution is 5.96. The first kappa shape index (κ1) is 18.2. The first-order valence-electron chi connectivity index (χ1n) is 8.83. The second-order valence-electron chi connectivity index (χ2n) is 6.71. The molecule has 0 spiro atoms. The van der Waals surface area contributed by atoms with Crippen molar-refractivity contribution in [3.8, 4) is 0 Å². The van der Waals surface area contributed by atoms with Crippen LogP contribution in [0.15, 0.2) is 34.7 Å². The van der Waals surface area contributed by atoms with Gasteiger partial charge in [0.05, 0.1) is 5.56 Å². The highest BCUT2D eigenvalue weighted by Crippen LogP contribution is 2.29. The van der Waals surface area contributed by atoms with Gasteiger partial charge in [-0.2, -0.15) is 0 Å². The Bertz CT molecular complexity index is 794. The lowest BCUT2D eigenvalue weighted by atomic mass is 10.2. The molecule has 26 heavy (non-hydrogen) atoms. The highest BCUT2D eigenvalue weighted by atomic mass is 19.1. The Balaban J connectivity index is 1.53. The minimum atomic E-state index is -0.302. The summed E-state index contributed by atoms with van der Waals surface area (Å²) in [6, 6.07) is 7.97. The number of benzene rings is 1. The zero-order valence-corrected chi connectivity index (χ0v) is 15.0. The van der Waals surface area contributed by atoms with Gasteiger partial charge >= 0.3 is 0 Å². The molecule has 1 aliphatic rings. The molecular formula is C20H23FN2O3. The topological polar surface area (TPSA) is 62.6 Å². The molecule has 0 radical (unpaired) electrons. The number of nitrogens with one attached hydrogen (secondary N) is 1. The molecule has 2 amide bonds. The Labute approximate surface area is 152 Å². The van der Waals surface area contributed by atoms with E-state index in [1.807, 2.05) is 6.92 Å². The summed E-state index contributed by atoms with van der Waals surface area (Å²) in [5, 5.41) is 2.81. The van der Waals surface area contributed by atoms with Gasteiger partial charge < -0.3 is 14.6 Å². The number of carbonyl (C=O) groups is 2. The van der Waals surface area contributed by atoms with Crippen LogP contribution in [0.25, 0.3) is 0 Å². The number of carbonyl (C=O) groups excluding carboxylic acids is 2. The average molecular weight is 358 g/mol. The quantitative estimate of drug-likeness (QED) is 0.826. The summed E-state index contributed by atoms with van der Waals surface area (Å²) in [5.74, 6) is 0.807. The zero-order chi connectivity index (χ0) is 18.7. The molecule has 0 aliphatic heterocycles. The molecule has 0 atom stereocenters. The number of hydrogen-bond acceptors (Lipinski definition) is 3. The maximum Gasteiger partial charge on any atom is 0.257 e. The largest absolute Gasteiger partial charge is 0.466 e. The van der Waals surface area contributed by atoms with Gasteiger partial charge in [-0.05, 0) is 50.5 Å². The van der Waals surface area contributed by atoms with E-state index in [9.17, 15) is 14.0 Å². The summed E-state index contributed by atoms with van der Waals surface area (Å²) in [6.45, 7) is 4.31. The van der Waals surface area contributed by atoms with E-state index in [0.29, 0.717) is 30.2 Å². The van der Waals surface area contributed by atoms with Crippen LogP contribution in [0.3, 0.4) is 0 Å². The van der Waals surface area contributed by atoms with Crippen molar-refractivity contribution in [2.75, 3.05) is 6.54 Å². The monoisotopic (exact) mass is 358 g/mol. The van der Waals surface area contributed by atoms with Crippen molar-refractivity contribution in [1.82, 2.24) is 10.2 Å². The van der Waals surface area contributed by atoms with E-state index in [4.69, 9.17) is 4.42 Å². The highest BCUT2D eigenvalue weighted by Gasteiger charge is 2.34. The Morgan fingerprint density at radius 2 is 1.92 bits per heavy atom. The molecule has 0 unspecified atom stereocenters. The van der Waals surface area contributed by atoms with Crippen LogP contribution in [0.2, 0.25) is 0 Å².